The lowest BCUT2D eigenvalue weighted by Crippen LogP contribution is -2.04. The van der Waals surface area contributed by atoms with Gasteiger partial charge in [0.25, 0.3) is 0 Å². The Bertz CT molecular complexity index is 346. The monoisotopic (exact) mass is 240 g/mol. The third kappa shape index (κ3) is 2.27. The van der Waals surface area contributed by atoms with Crippen LogP contribution in [-0.2, 0) is 0 Å². The zero-order valence-corrected chi connectivity index (χ0v) is 8.74. The fourth-order valence-corrected chi connectivity index (χ4v) is 1.18. The zero-order valence-electron chi connectivity index (χ0n) is 7.16. The minimum absolute atomic E-state index is 0.190. The van der Waals surface area contributed by atoms with Crippen molar-refractivity contribution in [3.8, 4) is 6.07 Å². The average molecular weight is 241 g/mol. The molecule has 4 heteroatoms. The molecule has 0 aliphatic rings. The first kappa shape index (κ1) is 10.2. The molecule has 0 aliphatic heterocycles. The van der Waals surface area contributed by atoms with Crippen LogP contribution in [0.4, 0.5) is 0 Å². The number of nitriles is 1. The molecule has 0 aliphatic carbocycles. The van der Waals surface area contributed by atoms with Gasteiger partial charge in [0.1, 0.15) is 5.92 Å². The fourth-order valence-electron chi connectivity index (χ4n) is 0.958. The highest BCUT2D eigenvalue weighted by Crippen LogP contribution is 2.18. The molecule has 0 spiro atoms. The van der Waals surface area contributed by atoms with Gasteiger partial charge in [0.15, 0.2) is 0 Å². The first-order chi connectivity index (χ1) is 6.19. The van der Waals surface area contributed by atoms with E-state index in [9.17, 15) is 0 Å². The van der Waals surface area contributed by atoms with Crippen LogP contribution in [0.25, 0.3) is 0 Å². The minimum Gasteiger partial charge on any atom is -0.395 e. The van der Waals surface area contributed by atoms with Crippen molar-refractivity contribution in [3.63, 3.8) is 0 Å². The van der Waals surface area contributed by atoms with Crippen molar-refractivity contribution in [1.82, 2.24) is 4.98 Å². The van der Waals surface area contributed by atoms with Crippen molar-refractivity contribution in [2.24, 2.45) is 0 Å². The lowest BCUT2D eigenvalue weighted by Gasteiger charge is -2.06. The highest BCUT2D eigenvalue weighted by Gasteiger charge is 2.11. The van der Waals surface area contributed by atoms with E-state index in [1.54, 1.807) is 6.07 Å². The molecule has 0 aromatic carbocycles. The molecule has 1 N–H and O–H groups in total. The number of rotatable bonds is 2. The summed E-state index contributed by atoms with van der Waals surface area (Å²) in [5, 5.41) is 17.5. The van der Waals surface area contributed by atoms with Gasteiger partial charge in [-0.15, -0.1) is 0 Å². The average Bonchev–Trinajstić information content (AvgIpc) is 2.13. The van der Waals surface area contributed by atoms with E-state index in [0.29, 0.717) is 5.69 Å². The first-order valence-corrected chi connectivity index (χ1v) is 4.62. The number of hydrogen-bond acceptors (Lipinski definition) is 3. The van der Waals surface area contributed by atoms with Gasteiger partial charge in [-0.2, -0.15) is 5.26 Å². The second-order valence-electron chi connectivity index (χ2n) is 2.67. The normalized spacial score (nSPS) is 12.2. The molecule has 0 fully saturated rings. The Labute approximate surface area is 85.2 Å². The number of aryl methyl sites for hydroxylation is 1. The number of nitrogens with zero attached hydrogens (tertiary/aromatic N) is 2. The van der Waals surface area contributed by atoms with Crippen LogP contribution in [0.15, 0.2) is 16.6 Å². The standard InChI is InChI=1S/C9H9BrN2O/c1-6-8(10)2-3-9(12-6)7(4-11)5-13/h2-3,7,13H,5H2,1H3. The van der Waals surface area contributed by atoms with E-state index in [1.807, 2.05) is 19.1 Å². The lowest BCUT2D eigenvalue weighted by atomic mass is 10.1. The van der Waals surface area contributed by atoms with Crippen LogP contribution in [0.1, 0.15) is 17.3 Å². The summed E-state index contributed by atoms with van der Waals surface area (Å²) in [6.45, 7) is 1.66. The molecule has 0 amide bonds. The van der Waals surface area contributed by atoms with Gasteiger partial charge in [-0.3, -0.25) is 4.98 Å². The van der Waals surface area contributed by atoms with E-state index >= 15 is 0 Å². The molecule has 1 aromatic heterocycles. The summed E-state index contributed by atoms with van der Waals surface area (Å²) in [5.74, 6) is -0.521. The first-order valence-electron chi connectivity index (χ1n) is 3.82. The van der Waals surface area contributed by atoms with Gasteiger partial charge in [-0.05, 0) is 35.0 Å². The lowest BCUT2D eigenvalue weighted by molar-refractivity contribution is 0.284. The van der Waals surface area contributed by atoms with Crippen molar-refractivity contribution in [3.05, 3.63) is 28.0 Å². The van der Waals surface area contributed by atoms with E-state index in [2.05, 4.69) is 20.9 Å². The highest BCUT2D eigenvalue weighted by atomic mass is 79.9. The molecule has 1 unspecified atom stereocenters. The SMILES string of the molecule is Cc1nc(C(C#N)CO)ccc1Br. The van der Waals surface area contributed by atoms with Crippen molar-refractivity contribution < 1.29 is 5.11 Å². The maximum Gasteiger partial charge on any atom is 0.111 e. The van der Waals surface area contributed by atoms with E-state index in [0.717, 1.165) is 10.2 Å². The second-order valence-corrected chi connectivity index (χ2v) is 3.52. The van der Waals surface area contributed by atoms with Crippen LogP contribution >= 0.6 is 15.9 Å². The number of halogens is 1. The molecular formula is C9H9BrN2O. The molecule has 1 rings (SSSR count). The van der Waals surface area contributed by atoms with Crippen molar-refractivity contribution in [1.29, 1.82) is 5.26 Å². The largest absolute Gasteiger partial charge is 0.395 e. The fraction of sp³-hybridized carbons (Fsp3) is 0.333. The molecule has 1 aromatic rings. The molecule has 0 saturated heterocycles. The van der Waals surface area contributed by atoms with Gasteiger partial charge in [-0.25, -0.2) is 0 Å². The molecule has 0 bridgehead atoms. The summed E-state index contributed by atoms with van der Waals surface area (Å²) in [6, 6.07) is 5.56. The number of aromatic nitrogens is 1. The Morgan fingerprint density at radius 1 is 1.69 bits per heavy atom. The summed E-state index contributed by atoms with van der Waals surface area (Å²) in [5.41, 5.74) is 1.44. The Morgan fingerprint density at radius 3 is 2.85 bits per heavy atom. The molecular weight excluding hydrogens is 232 g/mol. The third-order valence-electron chi connectivity index (χ3n) is 1.74. The van der Waals surface area contributed by atoms with Crippen molar-refractivity contribution in [2.45, 2.75) is 12.8 Å². The zero-order chi connectivity index (χ0) is 9.84. The van der Waals surface area contributed by atoms with Crippen LogP contribution in [-0.4, -0.2) is 16.7 Å². The molecule has 68 valence electrons. The van der Waals surface area contributed by atoms with Crippen molar-refractivity contribution in [2.75, 3.05) is 6.61 Å². The van der Waals surface area contributed by atoms with Crippen molar-refractivity contribution >= 4 is 15.9 Å². The van der Waals surface area contributed by atoms with Gasteiger partial charge in [0, 0.05) is 4.47 Å². The molecule has 3 nitrogen and oxygen atoms in total. The van der Waals surface area contributed by atoms with Gasteiger partial charge in [0.05, 0.1) is 24.1 Å². The van der Waals surface area contributed by atoms with Crippen LogP contribution < -0.4 is 0 Å². The Kier molecular flexibility index (Phi) is 3.40. The summed E-state index contributed by atoms with van der Waals surface area (Å²) < 4.78 is 0.908. The van der Waals surface area contributed by atoms with E-state index in [1.165, 1.54) is 0 Å². The summed E-state index contributed by atoms with van der Waals surface area (Å²) in [4.78, 5) is 4.19. The number of hydrogen-bond donors (Lipinski definition) is 1. The maximum atomic E-state index is 8.87. The van der Waals surface area contributed by atoms with Gasteiger partial charge >= 0.3 is 0 Å². The summed E-state index contributed by atoms with van der Waals surface area (Å²) in [6.07, 6.45) is 0. The van der Waals surface area contributed by atoms with Gasteiger partial charge < -0.3 is 5.11 Å². The van der Waals surface area contributed by atoms with Gasteiger partial charge in [-0.1, -0.05) is 0 Å². The number of aliphatic hydroxyl groups is 1. The topological polar surface area (TPSA) is 56.9 Å². The number of pyridine rings is 1. The van der Waals surface area contributed by atoms with Crippen LogP contribution in [0, 0.1) is 18.3 Å². The van der Waals surface area contributed by atoms with Crippen LogP contribution in [0.3, 0.4) is 0 Å². The quantitative estimate of drug-likeness (QED) is 0.858. The number of aliphatic hydroxyl groups excluding tert-OH is 1. The Balaban J connectivity index is 3.04. The Morgan fingerprint density at radius 2 is 2.38 bits per heavy atom. The predicted molar refractivity (Wildman–Crippen MR) is 52.1 cm³/mol. The maximum absolute atomic E-state index is 8.87. The Hall–Kier alpha value is -0.920. The van der Waals surface area contributed by atoms with E-state index < -0.39 is 5.92 Å². The van der Waals surface area contributed by atoms with Crippen LogP contribution in [0.5, 0.6) is 0 Å². The summed E-state index contributed by atoms with van der Waals surface area (Å²) >= 11 is 3.31. The molecule has 0 radical (unpaired) electrons. The molecule has 13 heavy (non-hydrogen) atoms. The summed E-state index contributed by atoms with van der Waals surface area (Å²) in [7, 11) is 0. The van der Waals surface area contributed by atoms with E-state index in [-0.39, 0.29) is 6.61 Å². The van der Waals surface area contributed by atoms with Gasteiger partial charge in [0.2, 0.25) is 0 Å². The van der Waals surface area contributed by atoms with E-state index in [4.69, 9.17) is 10.4 Å². The minimum atomic E-state index is -0.521. The second kappa shape index (κ2) is 4.35. The third-order valence-corrected chi connectivity index (χ3v) is 2.58. The molecule has 1 atom stereocenters. The smallest absolute Gasteiger partial charge is 0.111 e. The molecule has 0 saturated carbocycles. The predicted octanol–water partition coefficient (Wildman–Crippen LogP) is 1.75. The highest BCUT2D eigenvalue weighted by molar-refractivity contribution is 9.10. The van der Waals surface area contributed by atoms with Crippen LogP contribution in [0.2, 0.25) is 0 Å². The molecule has 1 heterocycles.